The third-order valence-electron chi connectivity index (χ3n) is 5.82. The van der Waals surface area contributed by atoms with Crippen molar-refractivity contribution in [3.8, 4) is 0 Å². The number of amides is 1. The molecule has 0 spiro atoms. The van der Waals surface area contributed by atoms with Crippen LogP contribution in [0.5, 0.6) is 0 Å². The first-order chi connectivity index (χ1) is 14.4. The minimum atomic E-state index is -0.992. The summed E-state index contributed by atoms with van der Waals surface area (Å²) in [5.74, 6) is -0.0849. The van der Waals surface area contributed by atoms with Crippen molar-refractivity contribution in [2.75, 3.05) is 26.3 Å². The largest absolute Gasteiger partial charge is 0.388 e. The monoisotopic (exact) mass is 412 g/mol. The molecule has 0 aliphatic carbocycles. The van der Waals surface area contributed by atoms with Crippen LogP contribution < -0.4 is 5.32 Å². The molecule has 1 atom stereocenters. The van der Waals surface area contributed by atoms with Crippen LogP contribution in [0.1, 0.15) is 41.5 Å². The van der Waals surface area contributed by atoms with Gasteiger partial charge in [-0.1, -0.05) is 18.2 Å². The highest BCUT2D eigenvalue weighted by atomic mass is 16.5. The van der Waals surface area contributed by atoms with Gasteiger partial charge in [-0.05, 0) is 38.3 Å². The van der Waals surface area contributed by atoms with Crippen molar-refractivity contribution in [1.82, 2.24) is 19.6 Å². The smallest absolute Gasteiger partial charge is 0.274 e. The molecule has 30 heavy (non-hydrogen) atoms. The van der Waals surface area contributed by atoms with Gasteiger partial charge in [-0.3, -0.25) is 4.79 Å². The van der Waals surface area contributed by atoms with Crippen molar-refractivity contribution < 1.29 is 14.6 Å². The number of carbonyl (C=O) groups is 1. The van der Waals surface area contributed by atoms with Gasteiger partial charge in [0.2, 0.25) is 0 Å². The molecule has 162 valence electrons. The Balaban J connectivity index is 1.91. The normalized spacial score (nSPS) is 15.9. The van der Waals surface area contributed by atoms with E-state index in [1.54, 1.807) is 17.1 Å². The Hall–Kier alpha value is -2.48. The van der Waals surface area contributed by atoms with Gasteiger partial charge in [0.25, 0.3) is 5.91 Å². The Morgan fingerprint density at radius 1 is 1.37 bits per heavy atom. The molecule has 1 amide bonds. The van der Waals surface area contributed by atoms with Gasteiger partial charge in [-0.15, -0.1) is 13.2 Å². The van der Waals surface area contributed by atoms with E-state index in [9.17, 15) is 9.90 Å². The third-order valence-corrected chi connectivity index (χ3v) is 5.82. The number of hydrogen-bond acceptors (Lipinski definition) is 5. The molecule has 3 heterocycles. The Morgan fingerprint density at radius 2 is 2.03 bits per heavy atom. The van der Waals surface area contributed by atoms with Gasteiger partial charge in [0.1, 0.15) is 5.65 Å². The SMILES string of the molecule is C=CCC(O)(CC=C)[C@@H](C)NCc1c(C(=O)N2CCOCC2)nc2c(C)cccn12. The van der Waals surface area contributed by atoms with E-state index in [0.29, 0.717) is 51.4 Å². The summed E-state index contributed by atoms with van der Waals surface area (Å²) in [6.45, 7) is 14.1. The number of rotatable bonds is 9. The summed E-state index contributed by atoms with van der Waals surface area (Å²) in [4.78, 5) is 19.7. The van der Waals surface area contributed by atoms with E-state index in [1.165, 1.54) is 0 Å². The number of aryl methyl sites for hydroxylation is 1. The van der Waals surface area contributed by atoms with Crippen LogP contribution in [0.25, 0.3) is 5.65 Å². The van der Waals surface area contributed by atoms with Crippen molar-refractivity contribution >= 4 is 11.6 Å². The zero-order valence-corrected chi connectivity index (χ0v) is 17.9. The van der Waals surface area contributed by atoms with Crippen LogP contribution in [0.2, 0.25) is 0 Å². The number of nitrogens with zero attached hydrogens (tertiary/aromatic N) is 3. The van der Waals surface area contributed by atoms with Crippen LogP contribution in [0.15, 0.2) is 43.6 Å². The predicted octanol–water partition coefficient (Wildman–Crippen LogP) is 2.48. The molecular formula is C23H32N4O3. The maximum absolute atomic E-state index is 13.2. The zero-order chi connectivity index (χ0) is 21.7. The van der Waals surface area contributed by atoms with Gasteiger partial charge < -0.3 is 24.5 Å². The van der Waals surface area contributed by atoms with Crippen molar-refractivity contribution in [2.45, 2.75) is 44.9 Å². The number of aliphatic hydroxyl groups is 1. The highest BCUT2D eigenvalue weighted by Gasteiger charge is 2.32. The number of nitrogens with one attached hydrogen (secondary N) is 1. The molecule has 7 heteroatoms. The van der Waals surface area contributed by atoms with E-state index in [1.807, 2.05) is 36.6 Å². The van der Waals surface area contributed by atoms with E-state index in [-0.39, 0.29) is 11.9 Å². The second-order valence-electron chi connectivity index (χ2n) is 7.89. The maximum Gasteiger partial charge on any atom is 0.274 e. The van der Waals surface area contributed by atoms with E-state index >= 15 is 0 Å². The molecule has 0 unspecified atom stereocenters. The van der Waals surface area contributed by atoms with Crippen LogP contribution in [0.4, 0.5) is 0 Å². The number of ether oxygens (including phenoxy) is 1. The van der Waals surface area contributed by atoms with Gasteiger partial charge >= 0.3 is 0 Å². The Bertz CT molecular complexity index is 905. The molecule has 1 fully saturated rings. The molecule has 7 nitrogen and oxygen atoms in total. The summed E-state index contributed by atoms with van der Waals surface area (Å²) < 4.78 is 7.34. The van der Waals surface area contributed by atoms with E-state index in [2.05, 4.69) is 18.5 Å². The average molecular weight is 413 g/mol. The van der Waals surface area contributed by atoms with Crippen LogP contribution in [-0.4, -0.2) is 63.2 Å². The number of aromatic nitrogens is 2. The molecular weight excluding hydrogens is 380 g/mol. The Labute approximate surface area is 178 Å². The van der Waals surface area contributed by atoms with Crippen molar-refractivity contribution in [2.24, 2.45) is 0 Å². The summed E-state index contributed by atoms with van der Waals surface area (Å²) in [5.41, 5.74) is 2.01. The van der Waals surface area contributed by atoms with Crippen molar-refractivity contribution in [3.63, 3.8) is 0 Å². The quantitative estimate of drug-likeness (QED) is 0.619. The predicted molar refractivity (Wildman–Crippen MR) is 118 cm³/mol. The van der Waals surface area contributed by atoms with Gasteiger partial charge in [-0.2, -0.15) is 0 Å². The summed E-state index contributed by atoms with van der Waals surface area (Å²) >= 11 is 0. The summed E-state index contributed by atoms with van der Waals surface area (Å²) in [6.07, 6.45) is 6.24. The van der Waals surface area contributed by atoms with Crippen LogP contribution in [0, 0.1) is 6.92 Å². The summed E-state index contributed by atoms with van der Waals surface area (Å²) in [6, 6.07) is 3.69. The zero-order valence-electron chi connectivity index (χ0n) is 17.9. The first-order valence-corrected chi connectivity index (χ1v) is 10.4. The Morgan fingerprint density at radius 3 is 2.67 bits per heavy atom. The van der Waals surface area contributed by atoms with E-state index < -0.39 is 5.60 Å². The van der Waals surface area contributed by atoms with Crippen molar-refractivity contribution in [3.05, 3.63) is 60.6 Å². The standard InChI is InChI=1S/C23H32N4O3/c1-5-9-23(29,10-6-2)18(4)24-16-19-20(22(28)26-12-14-30-15-13-26)25-21-17(3)8-7-11-27(19)21/h5-8,11,18,24,29H,1-2,9-10,12-16H2,3-4H3/t18-/m1/s1. The highest BCUT2D eigenvalue weighted by Crippen LogP contribution is 2.23. The van der Waals surface area contributed by atoms with Crippen LogP contribution >= 0.6 is 0 Å². The lowest BCUT2D eigenvalue weighted by Crippen LogP contribution is -2.48. The fourth-order valence-electron chi connectivity index (χ4n) is 3.89. The van der Waals surface area contributed by atoms with Gasteiger partial charge in [0, 0.05) is 31.9 Å². The third kappa shape index (κ3) is 4.48. The van der Waals surface area contributed by atoms with E-state index in [0.717, 1.165) is 16.9 Å². The fourth-order valence-corrected chi connectivity index (χ4v) is 3.89. The lowest BCUT2D eigenvalue weighted by Gasteiger charge is -2.33. The first-order valence-electron chi connectivity index (χ1n) is 10.4. The molecule has 3 rings (SSSR count). The lowest BCUT2D eigenvalue weighted by atomic mass is 9.88. The van der Waals surface area contributed by atoms with Crippen LogP contribution in [0.3, 0.4) is 0 Å². The molecule has 0 aromatic carbocycles. The molecule has 0 bridgehead atoms. The minimum absolute atomic E-state index is 0.0849. The average Bonchev–Trinajstić information content (AvgIpc) is 3.12. The number of carbonyl (C=O) groups excluding carboxylic acids is 1. The second-order valence-corrected chi connectivity index (χ2v) is 7.89. The topological polar surface area (TPSA) is 79.1 Å². The number of imidazole rings is 1. The maximum atomic E-state index is 13.2. The molecule has 2 N–H and O–H groups in total. The van der Waals surface area contributed by atoms with E-state index in [4.69, 9.17) is 9.72 Å². The van der Waals surface area contributed by atoms with Crippen molar-refractivity contribution in [1.29, 1.82) is 0 Å². The van der Waals surface area contributed by atoms with Gasteiger partial charge in [0.05, 0.1) is 24.5 Å². The first kappa shape index (κ1) is 22.2. The molecule has 1 aliphatic rings. The van der Waals surface area contributed by atoms with Gasteiger partial charge in [-0.25, -0.2) is 4.98 Å². The Kier molecular flexibility index (Phi) is 7.07. The molecule has 1 aliphatic heterocycles. The molecule has 0 radical (unpaired) electrons. The molecule has 0 saturated carbocycles. The number of hydrogen-bond donors (Lipinski definition) is 2. The molecule has 2 aromatic rings. The highest BCUT2D eigenvalue weighted by molar-refractivity contribution is 5.94. The number of morpholine rings is 1. The molecule has 1 saturated heterocycles. The van der Waals surface area contributed by atoms with Gasteiger partial charge in [0.15, 0.2) is 5.69 Å². The molecule has 2 aromatic heterocycles. The van der Waals surface area contributed by atoms with Crippen LogP contribution in [-0.2, 0) is 11.3 Å². The summed E-state index contributed by atoms with van der Waals surface area (Å²) in [5, 5.41) is 14.4. The second kappa shape index (κ2) is 9.55. The fraction of sp³-hybridized carbons (Fsp3) is 0.478. The number of pyridine rings is 1. The number of fused-ring (bicyclic) bond motifs is 1. The minimum Gasteiger partial charge on any atom is -0.388 e. The lowest BCUT2D eigenvalue weighted by molar-refractivity contribution is 0.0120. The summed E-state index contributed by atoms with van der Waals surface area (Å²) in [7, 11) is 0.